The Morgan fingerprint density at radius 2 is 1.51 bits per heavy atom. The fourth-order valence-corrected chi connectivity index (χ4v) is 8.47. The smallest absolute Gasteiger partial charge is 0.266 e. The van der Waals surface area contributed by atoms with E-state index in [1.54, 1.807) is 16.2 Å². The van der Waals surface area contributed by atoms with Crippen LogP contribution in [0.25, 0.3) is 32.9 Å². The number of thioether (sulfide) groups is 1. The van der Waals surface area contributed by atoms with Crippen LogP contribution in [-0.4, -0.2) is 21.7 Å². The highest BCUT2D eigenvalue weighted by Gasteiger charge is 2.35. The van der Waals surface area contributed by atoms with Crippen LogP contribution in [0.3, 0.4) is 0 Å². The third-order valence-electron chi connectivity index (χ3n) is 8.14. The Labute approximate surface area is 274 Å². The highest BCUT2D eigenvalue weighted by molar-refractivity contribution is 8.26. The summed E-state index contributed by atoms with van der Waals surface area (Å²) < 4.78 is 7.09. The molecule has 3 heterocycles. The molecule has 1 saturated heterocycles. The number of likely N-dealkylation sites (N-methyl/N-ethyl adjacent to an activating group) is 1. The monoisotopic (exact) mass is 638 g/mol. The fraction of sp³-hybridized carbons (Fsp3) is 0.0526. The zero-order valence-electron chi connectivity index (χ0n) is 24.3. The van der Waals surface area contributed by atoms with Gasteiger partial charge in [-0.05, 0) is 65.6 Å². The molecule has 2 aliphatic heterocycles. The molecule has 7 heteroatoms. The molecule has 45 heavy (non-hydrogen) atoms. The van der Waals surface area contributed by atoms with E-state index in [2.05, 4.69) is 95.9 Å². The summed E-state index contributed by atoms with van der Waals surface area (Å²) in [5.74, 6) is 1.38. The molecule has 1 fully saturated rings. The lowest BCUT2D eigenvalue weighted by molar-refractivity contribution is -0.122. The second-order valence-electron chi connectivity index (χ2n) is 10.7. The maximum absolute atomic E-state index is 13.4. The Balaban J connectivity index is 1.29. The van der Waals surface area contributed by atoms with Crippen molar-refractivity contribution >= 4 is 94.8 Å². The second-order valence-corrected chi connectivity index (χ2v) is 13.4. The molecular formula is C38H26N2O2S3. The van der Waals surface area contributed by atoms with Gasteiger partial charge in [0.15, 0.2) is 0 Å². The van der Waals surface area contributed by atoms with E-state index < -0.39 is 0 Å². The highest BCUT2D eigenvalue weighted by Crippen LogP contribution is 2.48. The average molecular weight is 639 g/mol. The van der Waals surface area contributed by atoms with Gasteiger partial charge in [-0.15, -0.1) is 11.3 Å². The first-order valence-electron chi connectivity index (χ1n) is 14.7. The van der Waals surface area contributed by atoms with Crippen molar-refractivity contribution in [2.24, 2.45) is 0 Å². The molecule has 0 atom stereocenters. The largest absolute Gasteiger partial charge is 0.455 e. The van der Waals surface area contributed by atoms with E-state index in [4.69, 9.17) is 17.0 Å². The highest BCUT2D eigenvalue weighted by atomic mass is 32.2. The van der Waals surface area contributed by atoms with Crippen LogP contribution in [0.5, 0.6) is 5.75 Å². The van der Waals surface area contributed by atoms with Gasteiger partial charge in [0.1, 0.15) is 20.8 Å². The normalized spacial score (nSPS) is 16.2. The number of carbonyl (C=O) groups is 1. The van der Waals surface area contributed by atoms with E-state index in [0.29, 0.717) is 21.5 Å². The molecule has 0 N–H and O–H groups in total. The predicted molar refractivity (Wildman–Crippen MR) is 194 cm³/mol. The zero-order chi connectivity index (χ0) is 30.5. The van der Waals surface area contributed by atoms with Crippen molar-refractivity contribution in [2.45, 2.75) is 6.92 Å². The SMILES string of the molecule is CCN1C(=O)C(=C2C=C(c3ccc(N(c4ccccc4)c4cc5ccccc5c5ccccc45)s3)Oc3ccccc32)SC1=S. The van der Waals surface area contributed by atoms with Gasteiger partial charge in [0.2, 0.25) is 0 Å². The van der Waals surface area contributed by atoms with Crippen molar-refractivity contribution in [1.82, 2.24) is 4.90 Å². The van der Waals surface area contributed by atoms with E-state index in [-0.39, 0.29) is 5.91 Å². The minimum atomic E-state index is -0.0555. The molecule has 6 aromatic rings. The number of ether oxygens (including phenoxy) is 1. The third kappa shape index (κ3) is 4.75. The van der Waals surface area contributed by atoms with Crippen LogP contribution in [0.2, 0.25) is 0 Å². The van der Waals surface area contributed by atoms with Gasteiger partial charge in [-0.3, -0.25) is 9.69 Å². The number of carbonyl (C=O) groups excluding carboxylic acids is 1. The molecule has 5 aromatic carbocycles. The Kier molecular flexibility index (Phi) is 7.02. The summed E-state index contributed by atoms with van der Waals surface area (Å²) in [5.41, 5.74) is 3.91. The number of anilines is 3. The average Bonchev–Trinajstić information content (AvgIpc) is 3.68. The Morgan fingerprint density at radius 3 is 2.31 bits per heavy atom. The van der Waals surface area contributed by atoms with Crippen molar-refractivity contribution in [2.75, 3.05) is 11.4 Å². The van der Waals surface area contributed by atoms with Crippen molar-refractivity contribution in [3.8, 4) is 5.75 Å². The standard InChI is InChI=1S/C38H26N2O2S3/c1-2-39-37(41)36(45-38(39)43)30-23-33(42-32-19-11-10-18-29(30)32)34-20-21-35(44-34)40(25-13-4-3-5-14-25)31-22-24-12-6-7-15-26(24)27-16-8-9-17-28(27)31/h3-23H,2H2,1H3. The number of thiocarbonyl (C=S) groups is 1. The number of amides is 1. The molecule has 1 aromatic heterocycles. The minimum Gasteiger partial charge on any atom is -0.455 e. The summed E-state index contributed by atoms with van der Waals surface area (Å²) in [4.78, 5) is 19.0. The van der Waals surface area contributed by atoms with Crippen LogP contribution in [0.1, 0.15) is 17.4 Å². The van der Waals surface area contributed by atoms with E-state index in [9.17, 15) is 4.79 Å². The minimum absolute atomic E-state index is 0.0555. The molecule has 0 unspecified atom stereocenters. The number of hydrogen-bond acceptors (Lipinski definition) is 6. The first kappa shape index (κ1) is 27.8. The van der Waals surface area contributed by atoms with Gasteiger partial charge in [-0.25, -0.2) is 0 Å². The number of para-hydroxylation sites is 2. The summed E-state index contributed by atoms with van der Waals surface area (Å²) in [7, 11) is 0. The number of benzene rings is 5. The van der Waals surface area contributed by atoms with Gasteiger partial charge < -0.3 is 9.64 Å². The van der Waals surface area contributed by atoms with Gasteiger partial charge in [-0.2, -0.15) is 0 Å². The fourth-order valence-electron chi connectivity index (χ4n) is 6.04. The predicted octanol–water partition coefficient (Wildman–Crippen LogP) is 10.5. The van der Waals surface area contributed by atoms with Crippen LogP contribution >= 0.6 is 35.3 Å². The van der Waals surface area contributed by atoms with Gasteiger partial charge in [0.05, 0.1) is 15.5 Å². The molecule has 0 radical (unpaired) electrons. The molecule has 4 nitrogen and oxygen atoms in total. The summed E-state index contributed by atoms with van der Waals surface area (Å²) in [5, 5.41) is 5.87. The second kappa shape index (κ2) is 11.3. The summed E-state index contributed by atoms with van der Waals surface area (Å²) in [6, 6.07) is 42.0. The molecule has 0 bridgehead atoms. The van der Waals surface area contributed by atoms with Crippen molar-refractivity contribution in [1.29, 1.82) is 0 Å². The number of hydrogen-bond donors (Lipinski definition) is 0. The lowest BCUT2D eigenvalue weighted by Gasteiger charge is -2.26. The summed E-state index contributed by atoms with van der Waals surface area (Å²) >= 11 is 8.57. The molecule has 2 aliphatic rings. The Bertz CT molecular complexity index is 2220. The van der Waals surface area contributed by atoms with Gasteiger partial charge in [-0.1, -0.05) is 109 Å². The van der Waals surface area contributed by atoms with E-state index in [0.717, 1.165) is 38.1 Å². The zero-order valence-corrected chi connectivity index (χ0v) is 26.7. The van der Waals surface area contributed by atoms with Gasteiger partial charge in [0, 0.05) is 28.8 Å². The van der Waals surface area contributed by atoms with E-state index in [1.807, 2.05) is 43.3 Å². The topological polar surface area (TPSA) is 32.8 Å². The first-order chi connectivity index (χ1) is 22.1. The van der Waals surface area contributed by atoms with Crippen LogP contribution in [-0.2, 0) is 4.79 Å². The molecule has 0 aliphatic carbocycles. The molecule has 0 saturated carbocycles. The van der Waals surface area contributed by atoms with Crippen molar-refractivity contribution in [3.63, 3.8) is 0 Å². The molecule has 218 valence electrons. The van der Waals surface area contributed by atoms with Crippen LogP contribution in [0.15, 0.2) is 132 Å². The lowest BCUT2D eigenvalue weighted by Crippen LogP contribution is -2.27. The molecule has 0 spiro atoms. The molecule has 1 amide bonds. The van der Waals surface area contributed by atoms with Crippen LogP contribution in [0.4, 0.5) is 16.4 Å². The molecule has 8 rings (SSSR count). The summed E-state index contributed by atoms with van der Waals surface area (Å²) in [6.07, 6.45) is 2.00. The Hall–Kier alpha value is -4.69. The van der Waals surface area contributed by atoms with Crippen LogP contribution in [0, 0.1) is 0 Å². The number of allylic oxidation sites excluding steroid dienone is 2. The maximum atomic E-state index is 13.4. The first-order valence-corrected chi connectivity index (χ1v) is 16.8. The molecular weight excluding hydrogens is 613 g/mol. The number of rotatable bonds is 5. The van der Waals surface area contributed by atoms with E-state index >= 15 is 0 Å². The lowest BCUT2D eigenvalue weighted by atomic mass is 9.99. The number of nitrogens with zero attached hydrogens (tertiary/aromatic N) is 2. The quantitative estimate of drug-likeness (QED) is 0.107. The maximum Gasteiger partial charge on any atom is 0.266 e. The van der Waals surface area contributed by atoms with Crippen LogP contribution < -0.4 is 9.64 Å². The van der Waals surface area contributed by atoms with Gasteiger partial charge in [0.25, 0.3) is 5.91 Å². The number of thiophene rings is 1. The third-order valence-corrected chi connectivity index (χ3v) is 10.7. The Morgan fingerprint density at radius 1 is 0.800 bits per heavy atom. The van der Waals surface area contributed by atoms with E-state index in [1.165, 1.54) is 33.3 Å². The van der Waals surface area contributed by atoms with Gasteiger partial charge >= 0.3 is 0 Å². The summed E-state index contributed by atoms with van der Waals surface area (Å²) in [6.45, 7) is 2.49. The number of fused-ring (bicyclic) bond motifs is 4. The van der Waals surface area contributed by atoms with Crippen molar-refractivity contribution < 1.29 is 9.53 Å². The van der Waals surface area contributed by atoms with Crippen molar-refractivity contribution in [3.05, 3.63) is 143 Å².